The van der Waals surface area contributed by atoms with E-state index in [4.69, 9.17) is 9.15 Å². The van der Waals surface area contributed by atoms with Crippen molar-refractivity contribution in [3.8, 4) is 0 Å². The Morgan fingerprint density at radius 3 is 3.00 bits per heavy atom. The molecule has 0 atom stereocenters. The van der Waals surface area contributed by atoms with Crippen molar-refractivity contribution in [3.05, 3.63) is 40.7 Å². The molecule has 0 fully saturated rings. The van der Waals surface area contributed by atoms with Crippen molar-refractivity contribution in [2.45, 2.75) is 12.8 Å². The topological polar surface area (TPSA) is 62.9 Å². The second-order valence-corrected chi connectivity index (χ2v) is 6.03. The zero-order valence-electron chi connectivity index (χ0n) is 14.1. The first-order valence-electron chi connectivity index (χ1n) is 7.68. The van der Waals surface area contributed by atoms with Crippen LogP contribution in [-0.4, -0.2) is 56.2 Å². The molecule has 134 valence electrons. The number of rotatable bonds is 9. The van der Waals surface area contributed by atoms with Gasteiger partial charge in [0.1, 0.15) is 5.76 Å². The number of nitrogens with one attached hydrogen (secondary N) is 1. The summed E-state index contributed by atoms with van der Waals surface area (Å²) in [5, 5.41) is 6.54. The third-order valence-electron chi connectivity index (χ3n) is 3.30. The quantitative estimate of drug-likeness (QED) is 0.268. The van der Waals surface area contributed by atoms with Gasteiger partial charge in [-0.1, -0.05) is 0 Å². The van der Waals surface area contributed by atoms with Crippen LogP contribution in [0.5, 0.6) is 0 Å². The average molecular weight is 464 g/mol. The van der Waals surface area contributed by atoms with Gasteiger partial charge in [0, 0.05) is 51.7 Å². The first kappa shape index (κ1) is 20.9. The normalized spacial score (nSPS) is 11.2. The molecule has 2 heterocycles. The van der Waals surface area contributed by atoms with Crippen molar-refractivity contribution >= 4 is 41.3 Å². The van der Waals surface area contributed by atoms with Gasteiger partial charge in [0.15, 0.2) is 5.96 Å². The molecule has 0 spiro atoms. The zero-order valence-corrected chi connectivity index (χ0v) is 17.3. The lowest BCUT2D eigenvalue weighted by Crippen LogP contribution is -2.41. The van der Waals surface area contributed by atoms with E-state index in [-0.39, 0.29) is 24.0 Å². The second kappa shape index (κ2) is 12.3. The molecule has 0 aromatic carbocycles. The van der Waals surface area contributed by atoms with Gasteiger partial charge in [-0.05, 0) is 12.1 Å². The highest BCUT2D eigenvalue weighted by Crippen LogP contribution is 2.05. The van der Waals surface area contributed by atoms with Crippen LogP contribution in [0.15, 0.2) is 39.4 Å². The maximum atomic E-state index is 5.35. The van der Waals surface area contributed by atoms with E-state index in [1.165, 1.54) is 0 Å². The van der Waals surface area contributed by atoms with E-state index < -0.39 is 0 Å². The highest BCUT2D eigenvalue weighted by atomic mass is 127. The highest BCUT2D eigenvalue weighted by Gasteiger charge is 2.08. The fourth-order valence-corrected chi connectivity index (χ4v) is 2.66. The number of methoxy groups -OCH3 is 1. The number of likely N-dealkylation sites (N-methyl/N-ethyl adjacent to an activating group) is 1. The minimum Gasteiger partial charge on any atom is -0.469 e. The first-order chi connectivity index (χ1) is 11.3. The Morgan fingerprint density at radius 1 is 1.46 bits per heavy atom. The summed E-state index contributed by atoms with van der Waals surface area (Å²) in [6.07, 6.45) is 5.28. The molecule has 2 aromatic rings. The standard InChI is InChI=1S/C16H24N4O2S.HI/c1-20(10-6-15-17-9-13-23-15)16(19-8-12-21-2)18-7-5-14-4-3-11-22-14;/h3-4,9,11,13H,5-8,10,12H2,1-2H3,(H,18,19);1H. The third-order valence-corrected chi connectivity index (χ3v) is 4.14. The Labute approximate surface area is 164 Å². The Hall–Kier alpha value is -1.13. The molecule has 0 saturated carbocycles. The van der Waals surface area contributed by atoms with Gasteiger partial charge < -0.3 is 19.4 Å². The molecule has 0 bridgehead atoms. The predicted octanol–water partition coefficient (Wildman–Crippen LogP) is 2.66. The molecule has 1 N–H and O–H groups in total. The van der Waals surface area contributed by atoms with Gasteiger partial charge in [0.2, 0.25) is 0 Å². The molecule has 0 amide bonds. The minimum absolute atomic E-state index is 0. The Kier molecular flexibility index (Phi) is 10.7. The zero-order chi connectivity index (χ0) is 16.3. The average Bonchev–Trinajstić information content (AvgIpc) is 3.25. The van der Waals surface area contributed by atoms with Gasteiger partial charge in [0.05, 0.1) is 24.4 Å². The van der Waals surface area contributed by atoms with Crippen LogP contribution in [0.2, 0.25) is 0 Å². The molecule has 24 heavy (non-hydrogen) atoms. The molecule has 2 rings (SSSR count). The van der Waals surface area contributed by atoms with Gasteiger partial charge >= 0.3 is 0 Å². The minimum atomic E-state index is 0. The van der Waals surface area contributed by atoms with Gasteiger partial charge in [0.25, 0.3) is 0 Å². The molecule has 0 radical (unpaired) electrons. The summed E-state index contributed by atoms with van der Waals surface area (Å²) in [6, 6.07) is 3.89. The number of hydrogen-bond donors (Lipinski definition) is 1. The summed E-state index contributed by atoms with van der Waals surface area (Å²) in [7, 11) is 3.73. The Bertz CT molecular complexity index is 561. The first-order valence-corrected chi connectivity index (χ1v) is 8.56. The van der Waals surface area contributed by atoms with E-state index in [1.807, 2.05) is 30.8 Å². The van der Waals surface area contributed by atoms with Crippen LogP contribution >= 0.6 is 35.3 Å². The molecule has 0 aliphatic heterocycles. The predicted molar refractivity (Wildman–Crippen MR) is 108 cm³/mol. The van der Waals surface area contributed by atoms with Crippen molar-refractivity contribution in [2.24, 2.45) is 4.99 Å². The van der Waals surface area contributed by atoms with Crippen molar-refractivity contribution in [2.75, 3.05) is 40.4 Å². The molecule has 0 saturated heterocycles. The smallest absolute Gasteiger partial charge is 0.193 e. The van der Waals surface area contributed by atoms with Crippen LogP contribution in [0.3, 0.4) is 0 Å². The van der Waals surface area contributed by atoms with Crippen LogP contribution < -0.4 is 5.32 Å². The second-order valence-electron chi connectivity index (χ2n) is 5.05. The number of halogens is 1. The largest absolute Gasteiger partial charge is 0.469 e. The lowest BCUT2D eigenvalue weighted by Gasteiger charge is -2.22. The molecule has 6 nitrogen and oxygen atoms in total. The number of hydrogen-bond acceptors (Lipinski definition) is 5. The maximum Gasteiger partial charge on any atom is 0.193 e. The molecule has 0 unspecified atom stereocenters. The van der Waals surface area contributed by atoms with Crippen molar-refractivity contribution < 1.29 is 9.15 Å². The van der Waals surface area contributed by atoms with Crippen LogP contribution in [-0.2, 0) is 17.6 Å². The van der Waals surface area contributed by atoms with Gasteiger partial charge in [-0.2, -0.15) is 0 Å². The highest BCUT2D eigenvalue weighted by molar-refractivity contribution is 14.0. The van der Waals surface area contributed by atoms with Crippen molar-refractivity contribution in [1.29, 1.82) is 0 Å². The van der Waals surface area contributed by atoms with E-state index in [0.29, 0.717) is 13.2 Å². The van der Waals surface area contributed by atoms with Gasteiger partial charge in [-0.15, -0.1) is 35.3 Å². The number of aliphatic imine (C=N–C) groups is 1. The third kappa shape index (κ3) is 7.63. The fraction of sp³-hybridized carbons (Fsp3) is 0.500. The molecular formula is C16H25IN4O2S. The van der Waals surface area contributed by atoms with Crippen LogP contribution in [0.25, 0.3) is 0 Å². The summed E-state index contributed by atoms with van der Waals surface area (Å²) in [6.45, 7) is 2.90. The number of ether oxygens (including phenoxy) is 1. The van der Waals surface area contributed by atoms with E-state index in [2.05, 4.69) is 20.2 Å². The molecule has 0 aliphatic rings. The molecule has 0 aliphatic carbocycles. The monoisotopic (exact) mass is 464 g/mol. The Balaban J connectivity index is 0.00000288. The number of thiazole rings is 1. The fourth-order valence-electron chi connectivity index (χ4n) is 2.05. The summed E-state index contributed by atoms with van der Waals surface area (Å²) in [5.41, 5.74) is 0. The Morgan fingerprint density at radius 2 is 2.33 bits per heavy atom. The number of furan rings is 1. The summed E-state index contributed by atoms with van der Waals surface area (Å²) < 4.78 is 10.4. The summed E-state index contributed by atoms with van der Waals surface area (Å²) in [5.74, 6) is 1.85. The number of nitrogens with zero attached hydrogens (tertiary/aromatic N) is 3. The van der Waals surface area contributed by atoms with E-state index in [0.717, 1.165) is 42.7 Å². The summed E-state index contributed by atoms with van der Waals surface area (Å²) >= 11 is 1.68. The van der Waals surface area contributed by atoms with Crippen LogP contribution in [0.4, 0.5) is 0 Å². The van der Waals surface area contributed by atoms with Crippen molar-refractivity contribution in [3.63, 3.8) is 0 Å². The van der Waals surface area contributed by atoms with E-state index >= 15 is 0 Å². The molecule has 8 heteroatoms. The van der Waals surface area contributed by atoms with E-state index in [9.17, 15) is 0 Å². The maximum absolute atomic E-state index is 5.35. The SMILES string of the molecule is COCCN=C(NCCc1ccco1)N(C)CCc1nccs1.I. The van der Waals surface area contributed by atoms with Crippen LogP contribution in [0.1, 0.15) is 10.8 Å². The van der Waals surface area contributed by atoms with Crippen LogP contribution in [0, 0.1) is 0 Å². The van der Waals surface area contributed by atoms with Crippen molar-refractivity contribution in [1.82, 2.24) is 15.2 Å². The molecular weight excluding hydrogens is 439 g/mol. The lowest BCUT2D eigenvalue weighted by atomic mass is 10.3. The van der Waals surface area contributed by atoms with Gasteiger partial charge in [-0.3, -0.25) is 4.99 Å². The van der Waals surface area contributed by atoms with E-state index in [1.54, 1.807) is 24.7 Å². The number of aromatic nitrogens is 1. The number of guanidine groups is 1. The summed E-state index contributed by atoms with van der Waals surface area (Å²) in [4.78, 5) is 11.0. The van der Waals surface area contributed by atoms with Gasteiger partial charge in [-0.25, -0.2) is 4.98 Å². The lowest BCUT2D eigenvalue weighted by molar-refractivity contribution is 0.207. The molecule has 2 aromatic heterocycles.